The highest BCUT2D eigenvalue weighted by Crippen LogP contribution is 2.32. The van der Waals surface area contributed by atoms with E-state index in [2.05, 4.69) is 20.9 Å². The van der Waals surface area contributed by atoms with E-state index in [1.807, 2.05) is 6.92 Å². The quantitative estimate of drug-likeness (QED) is 0.415. The molecule has 2 fully saturated rings. The predicted molar refractivity (Wildman–Crippen MR) is 94.0 cm³/mol. The molecule has 2 rings (SSSR count). The van der Waals surface area contributed by atoms with Gasteiger partial charge in [0.1, 0.15) is 0 Å². The van der Waals surface area contributed by atoms with Crippen molar-refractivity contribution in [1.82, 2.24) is 16.0 Å². The van der Waals surface area contributed by atoms with E-state index in [1.165, 1.54) is 0 Å². The van der Waals surface area contributed by atoms with Gasteiger partial charge < -0.3 is 25.8 Å². The topological polar surface area (TPSA) is 95.0 Å². The van der Waals surface area contributed by atoms with Crippen LogP contribution >= 0.6 is 0 Å². The number of nitrogens with one attached hydrogen (secondary N) is 3. The first-order chi connectivity index (χ1) is 11.6. The largest absolute Gasteiger partial charge is 0.450 e. The maximum atomic E-state index is 11.7. The van der Waals surface area contributed by atoms with Gasteiger partial charge in [-0.25, -0.2) is 4.79 Å². The summed E-state index contributed by atoms with van der Waals surface area (Å²) in [6.07, 6.45) is 5.35. The molecule has 1 atom stereocenters. The van der Waals surface area contributed by atoms with E-state index in [0.717, 1.165) is 51.0 Å². The maximum absolute atomic E-state index is 11.7. The highest BCUT2D eigenvalue weighted by molar-refractivity contribution is 5.80. The zero-order valence-corrected chi connectivity index (χ0v) is 14.9. The van der Waals surface area contributed by atoms with Crippen LogP contribution in [0.5, 0.6) is 0 Å². The molecule has 0 aromatic carbocycles. The third-order valence-electron chi connectivity index (χ3n) is 4.60. The Morgan fingerprint density at radius 2 is 1.92 bits per heavy atom. The fraction of sp³-hybridized carbons (Fsp3) is 0.882. The average molecular weight is 340 g/mol. The summed E-state index contributed by atoms with van der Waals surface area (Å²) >= 11 is 0. The zero-order valence-electron chi connectivity index (χ0n) is 14.9. The zero-order chi connectivity index (χ0) is 17.4. The smallest absolute Gasteiger partial charge is 0.407 e. The first kappa shape index (κ1) is 18.8. The maximum Gasteiger partial charge on any atom is 0.407 e. The number of aliphatic hydroxyl groups excluding tert-OH is 1. The lowest BCUT2D eigenvalue weighted by Gasteiger charge is -2.28. The third-order valence-corrected chi connectivity index (χ3v) is 4.60. The Balaban J connectivity index is 1.86. The van der Waals surface area contributed by atoms with Crippen LogP contribution < -0.4 is 16.0 Å². The normalized spacial score (nSPS) is 25.7. The van der Waals surface area contributed by atoms with Crippen LogP contribution in [0.2, 0.25) is 0 Å². The van der Waals surface area contributed by atoms with Crippen LogP contribution in [-0.4, -0.2) is 55.0 Å². The summed E-state index contributed by atoms with van der Waals surface area (Å²) in [5, 5.41) is 19.3. The first-order valence-electron chi connectivity index (χ1n) is 9.28. The second-order valence-electron chi connectivity index (χ2n) is 6.68. The van der Waals surface area contributed by atoms with Crippen molar-refractivity contribution in [3.8, 4) is 0 Å². The summed E-state index contributed by atoms with van der Waals surface area (Å²) < 4.78 is 4.98. The molecule has 0 saturated heterocycles. The number of carbonyl (C=O) groups excluding carboxylic acids is 1. The van der Waals surface area contributed by atoms with Gasteiger partial charge in [0.05, 0.1) is 25.3 Å². The minimum atomic E-state index is -0.358. The van der Waals surface area contributed by atoms with Gasteiger partial charge in [0.2, 0.25) is 0 Å². The molecule has 1 unspecified atom stereocenters. The molecule has 0 aliphatic heterocycles. The molecule has 0 radical (unpaired) electrons. The number of aliphatic imine (C=N–C) groups is 1. The van der Waals surface area contributed by atoms with Crippen molar-refractivity contribution in [3.05, 3.63) is 0 Å². The predicted octanol–water partition coefficient (Wildman–Crippen LogP) is 1.37. The van der Waals surface area contributed by atoms with Gasteiger partial charge in [-0.3, -0.25) is 4.99 Å². The molecule has 0 aromatic rings. The number of alkyl carbamates (subject to hydrolysis) is 1. The fourth-order valence-corrected chi connectivity index (χ4v) is 3.06. The van der Waals surface area contributed by atoms with Crippen LogP contribution in [-0.2, 0) is 4.74 Å². The number of amides is 1. The molecule has 0 heterocycles. The summed E-state index contributed by atoms with van der Waals surface area (Å²) in [7, 11) is 0. The minimum Gasteiger partial charge on any atom is -0.450 e. The molecule has 7 heteroatoms. The molecule has 1 amide bonds. The molecule has 0 aromatic heterocycles. The van der Waals surface area contributed by atoms with E-state index < -0.39 is 0 Å². The van der Waals surface area contributed by atoms with Gasteiger partial charge >= 0.3 is 6.09 Å². The lowest BCUT2D eigenvalue weighted by Crippen LogP contribution is -2.46. The van der Waals surface area contributed by atoms with Crippen molar-refractivity contribution in [3.63, 3.8) is 0 Å². The summed E-state index contributed by atoms with van der Waals surface area (Å²) in [4.78, 5) is 16.3. The summed E-state index contributed by atoms with van der Waals surface area (Å²) in [6, 6.07) is 0.385. The number of aliphatic hydroxyl groups is 1. The van der Waals surface area contributed by atoms with E-state index in [-0.39, 0.29) is 18.2 Å². The number of guanidine groups is 1. The molecule has 0 bridgehead atoms. The van der Waals surface area contributed by atoms with E-state index in [4.69, 9.17) is 4.74 Å². The molecular weight excluding hydrogens is 308 g/mol. The molecular formula is C17H32N4O3. The van der Waals surface area contributed by atoms with Crippen molar-refractivity contribution in [2.45, 2.75) is 70.6 Å². The number of ether oxygens (including phenoxy) is 1. The molecule has 2 aliphatic rings. The van der Waals surface area contributed by atoms with Crippen molar-refractivity contribution in [1.29, 1.82) is 0 Å². The van der Waals surface area contributed by atoms with Gasteiger partial charge in [0, 0.05) is 12.6 Å². The number of hydrogen-bond donors (Lipinski definition) is 4. The first-order valence-corrected chi connectivity index (χ1v) is 9.28. The Hall–Kier alpha value is -1.50. The second-order valence-corrected chi connectivity index (χ2v) is 6.68. The molecule has 4 N–H and O–H groups in total. The molecule has 138 valence electrons. The number of nitrogens with zero attached hydrogens (tertiary/aromatic N) is 1. The van der Waals surface area contributed by atoms with Gasteiger partial charge in [-0.05, 0) is 58.3 Å². The summed E-state index contributed by atoms with van der Waals surface area (Å²) in [5.41, 5.74) is 0. The van der Waals surface area contributed by atoms with Gasteiger partial charge in [-0.2, -0.15) is 0 Å². The van der Waals surface area contributed by atoms with E-state index in [1.54, 1.807) is 6.92 Å². The fourth-order valence-electron chi connectivity index (χ4n) is 3.06. The Bertz CT molecular complexity index is 418. The SMILES string of the molecule is CCNC(=NCC(NC(=O)OCC)C1CC1)NC1CCC(O)CC1. The third kappa shape index (κ3) is 6.55. The van der Waals surface area contributed by atoms with Gasteiger partial charge in [0.25, 0.3) is 0 Å². The van der Waals surface area contributed by atoms with Crippen molar-refractivity contribution in [2.24, 2.45) is 10.9 Å². The van der Waals surface area contributed by atoms with Gasteiger partial charge in [-0.15, -0.1) is 0 Å². The highest BCUT2D eigenvalue weighted by atomic mass is 16.5. The van der Waals surface area contributed by atoms with Crippen molar-refractivity contribution < 1.29 is 14.6 Å². The van der Waals surface area contributed by atoms with Crippen LogP contribution in [0.3, 0.4) is 0 Å². The van der Waals surface area contributed by atoms with Gasteiger partial charge in [-0.1, -0.05) is 0 Å². The minimum absolute atomic E-state index is 0.0349. The standard InChI is InChI=1S/C17H32N4O3/c1-3-18-16(20-13-7-9-14(22)10-8-13)19-11-15(12-5-6-12)21-17(23)24-4-2/h12-15,22H,3-11H2,1-2H3,(H,21,23)(H2,18,19,20). The van der Waals surface area contributed by atoms with E-state index >= 15 is 0 Å². The molecule has 7 nitrogen and oxygen atoms in total. The summed E-state index contributed by atoms with van der Waals surface area (Å²) in [6.45, 7) is 5.56. The van der Waals surface area contributed by atoms with Crippen LogP contribution in [0.25, 0.3) is 0 Å². The van der Waals surface area contributed by atoms with Crippen molar-refractivity contribution in [2.75, 3.05) is 19.7 Å². The number of rotatable bonds is 7. The molecule has 24 heavy (non-hydrogen) atoms. The van der Waals surface area contributed by atoms with Crippen LogP contribution in [0.4, 0.5) is 4.79 Å². The van der Waals surface area contributed by atoms with E-state index in [0.29, 0.717) is 25.1 Å². The monoisotopic (exact) mass is 340 g/mol. The lowest BCUT2D eigenvalue weighted by molar-refractivity contribution is 0.120. The molecule has 0 spiro atoms. The number of carbonyl (C=O) groups is 1. The van der Waals surface area contributed by atoms with E-state index in [9.17, 15) is 9.90 Å². The Morgan fingerprint density at radius 3 is 2.50 bits per heavy atom. The Kier molecular flexibility index (Phi) is 7.62. The Labute approximate surface area is 144 Å². The molecule has 2 saturated carbocycles. The van der Waals surface area contributed by atoms with Gasteiger partial charge in [0.15, 0.2) is 5.96 Å². The van der Waals surface area contributed by atoms with Crippen LogP contribution in [0, 0.1) is 5.92 Å². The van der Waals surface area contributed by atoms with Crippen LogP contribution in [0.1, 0.15) is 52.4 Å². The molecule has 2 aliphatic carbocycles. The highest BCUT2D eigenvalue weighted by Gasteiger charge is 2.32. The lowest BCUT2D eigenvalue weighted by atomic mass is 9.93. The Morgan fingerprint density at radius 1 is 1.21 bits per heavy atom. The van der Waals surface area contributed by atoms with Crippen LogP contribution in [0.15, 0.2) is 4.99 Å². The number of hydrogen-bond acceptors (Lipinski definition) is 4. The van der Waals surface area contributed by atoms with Crippen molar-refractivity contribution >= 4 is 12.1 Å². The summed E-state index contributed by atoms with van der Waals surface area (Å²) in [5.74, 6) is 1.29. The second kappa shape index (κ2) is 9.71. The average Bonchev–Trinajstić information content (AvgIpc) is 3.38.